The van der Waals surface area contributed by atoms with Gasteiger partial charge in [0.1, 0.15) is 30.1 Å². The van der Waals surface area contributed by atoms with E-state index in [1.807, 2.05) is 0 Å². The molecule has 8 heteroatoms. The molecule has 168 valence electrons. The van der Waals surface area contributed by atoms with Crippen LogP contribution in [0.5, 0.6) is 5.88 Å². The molecule has 1 saturated heterocycles. The Hall–Kier alpha value is -2.58. The fourth-order valence-corrected chi connectivity index (χ4v) is 4.21. The minimum atomic E-state index is -0.352. The van der Waals surface area contributed by atoms with Crippen LogP contribution < -0.4 is 10.1 Å². The van der Waals surface area contributed by atoms with Crippen molar-refractivity contribution in [3.8, 4) is 5.88 Å². The summed E-state index contributed by atoms with van der Waals surface area (Å²) in [5.74, 6) is 2.03. The quantitative estimate of drug-likeness (QED) is 0.363. The maximum atomic E-state index is 12.5. The molecule has 0 amide bonds. The summed E-state index contributed by atoms with van der Waals surface area (Å²) in [7, 11) is 3.21. The summed E-state index contributed by atoms with van der Waals surface area (Å²) >= 11 is 0. The van der Waals surface area contributed by atoms with Gasteiger partial charge in [0.2, 0.25) is 5.88 Å². The first-order valence-electron chi connectivity index (χ1n) is 10.6. The molecule has 1 aromatic heterocycles. The van der Waals surface area contributed by atoms with Crippen molar-refractivity contribution in [2.75, 3.05) is 32.7 Å². The number of methoxy groups -OCH3 is 2. The molecule has 1 aromatic rings. The highest BCUT2D eigenvalue weighted by Crippen LogP contribution is 2.55. The average Bonchev–Trinajstić information content (AvgIpc) is 3.69. The number of epoxide rings is 1. The molecule has 3 aliphatic rings. The van der Waals surface area contributed by atoms with Gasteiger partial charge in [-0.05, 0) is 32.8 Å². The smallest absolute Gasteiger partial charge is 0.325 e. The Morgan fingerprint density at radius 1 is 1.35 bits per heavy atom. The molecule has 1 N–H and O–H groups in total. The molecule has 0 unspecified atom stereocenters. The number of anilines is 1. The Morgan fingerprint density at radius 2 is 2.16 bits per heavy atom. The summed E-state index contributed by atoms with van der Waals surface area (Å²) in [4.78, 5) is 16.6. The molecule has 3 heterocycles. The van der Waals surface area contributed by atoms with Gasteiger partial charge in [0, 0.05) is 19.6 Å². The number of hydrogen-bond acceptors (Lipinski definition) is 8. The summed E-state index contributed by atoms with van der Waals surface area (Å²) in [6.07, 6.45) is 5.38. The molecule has 2 aliphatic heterocycles. The number of carbonyl (C=O) groups is 1. The first-order chi connectivity index (χ1) is 15.0. The number of nitrogens with one attached hydrogen (secondary N) is 1. The van der Waals surface area contributed by atoms with Crippen LogP contribution in [0.4, 0.5) is 5.69 Å². The van der Waals surface area contributed by atoms with E-state index >= 15 is 0 Å². The Bertz CT molecular complexity index is 871. The minimum absolute atomic E-state index is 0.0400. The van der Waals surface area contributed by atoms with Crippen LogP contribution in [0.3, 0.4) is 0 Å². The second-order valence-corrected chi connectivity index (χ2v) is 8.42. The molecular weight excluding hydrogens is 400 g/mol. The van der Waals surface area contributed by atoms with Gasteiger partial charge in [-0.1, -0.05) is 11.6 Å². The van der Waals surface area contributed by atoms with Crippen molar-refractivity contribution < 1.29 is 28.5 Å². The number of ether oxygens (including phenoxy) is 5. The number of hydrogen-bond donors (Lipinski definition) is 1. The van der Waals surface area contributed by atoms with Gasteiger partial charge in [-0.2, -0.15) is 0 Å². The lowest BCUT2D eigenvalue weighted by Gasteiger charge is -2.38. The third kappa shape index (κ3) is 4.85. The van der Waals surface area contributed by atoms with Crippen LogP contribution in [0.1, 0.15) is 33.1 Å². The largest absolute Gasteiger partial charge is 0.481 e. The van der Waals surface area contributed by atoms with Gasteiger partial charge in [0.25, 0.3) is 0 Å². The summed E-state index contributed by atoms with van der Waals surface area (Å²) in [5.41, 5.74) is 1.71. The Balaban J connectivity index is 1.38. The maximum Gasteiger partial charge on any atom is 0.325 e. The zero-order chi connectivity index (χ0) is 22.0. The van der Waals surface area contributed by atoms with Crippen LogP contribution in [0, 0.1) is 5.92 Å². The molecule has 1 spiro atoms. The van der Waals surface area contributed by atoms with E-state index < -0.39 is 0 Å². The third-order valence-electron chi connectivity index (χ3n) is 6.01. The minimum Gasteiger partial charge on any atom is -0.481 e. The number of pyridine rings is 1. The van der Waals surface area contributed by atoms with E-state index in [1.54, 1.807) is 32.5 Å². The molecular formula is C23H30N2O6. The van der Waals surface area contributed by atoms with Crippen molar-refractivity contribution in [2.45, 2.75) is 50.9 Å². The number of carbonyl (C=O) groups excluding carboxylic acids is 1. The fourth-order valence-electron chi connectivity index (χ4n) is 4.21. The van der Waals surface area contributed by atoms with Gasteiger partial charge in [-0.3, -0.25) is 4.79 Å². The Kier molecular flexibility index (Phi) is 6.20. The van der Waals surface area contributed by atoms with Crippen LogP contribution in [0.2, 0.25) is 0 Å². The zero-order valence-electron chi connectivity index (χ0n) is 18.5. The average molecular weight is 431 g/mol. The van der Waals surface area contributed by atoms with E-state index in [0.717, 1.165) is 24.4 Å². The van der Waals surface area contributed by atoms with Crippen LogP contribution in [-0.2, 0) is 23.7 Å². The second-order valence-electron chi connectivity index (χ2n) is 8.42. The molecule has 4 rings (SSSR count). The fraction of sp³-hybridized carbons (Fsp3) is 0.565. The lowest BCUT2D eigenvalue weighted by Crippen LogP contribution is -2.50. The molecule has 31 heavy (non-hydrogen) atoms. The zero-order valence-corrected chi connectivity index (χ0v) is 18.5. The number of esters is 1. The molecule has 8 nitrogen and oxygen atoms in total. The maximum absolute atomic E-state index is 12.5. The lowest BCUT2D eigenvalue weighted by molar-refractivity contribution is -0.164. The van der Waals surface area contributed by atoms with E-state index in [2.05, 4.69) is 30.2 Å². The number of rotatable bonds is 9. The van der Waals surface area contributed by atoms with E-state index in [9.17, 15) is 4.79 Å². The van der Waals surface area contributed by atoms with Crippen LogP contribution in [0.15, 0.2) is 41.5 Å². The topological polar surface area (TPSA) is 94.7 Å². The highest BCUT2D eigenvalue weighted by Gasteiger charge is 2.64. The van der Waals surface area contributed by atoms with Gasteiger partial charge >= 0.3 is 5.97 Å². The molecule has 0 aromatic carbocycles. The summed E-state index contributed by atoms with van der Waals surface area (Å²) in [6, 6.07) is 3.53. The van der Waals surface area contributed by atoms with E-state index in [-0.39, 0.29) is 36.2 Å². The Morgan fingerprint density at radius 3 is 2.77 bits per heavy atom. The standard InChI is InChI=1S/C23H30N2O6/c1-14(2)5-7-16-22(31-16)20-21(28-4)17(9-10-23(20)13-29-23)30-19(26)12-24-15-6-8-18(27-3)25-11-15/h5-6,8,11,17,20-21,24H,7,9-10,12-13H2,1-4H3/t17-,20-,21-,23+/m1/s1. The van der Waals surface area contributed by atoms with Gasteiger partial charge in [0.05, 0.1) is 31.5 Å². The SMILES string of the molecule is COc1ccc(NCC(=O)O[C@@H]2CC[C@]3(CO3)[C@@H](C3=C(CC=C(C)C)O3)[C@@H]2OC)cn1. The van der Waals surface area contributed by atoms with Gasteiger partial charge in [-0.15, -0.1) is 0 Å². The van der Waals surface area contributed by atoms with Gasteiger partial charge < -0.3 is 29.0 Å². The van der Waals surface area contributed by atoms with Gasteiger partial charge in [-0.25, -0.2) is 4.98 Å². The summed E-state index contributed by atoms with van der Waals surface area (Å²) < 4.78 is 28.4. The predicted molar refractivity (Wildman–Crippen MR) is 114 cm³/mol. The van der Waals surface area contributed by atoms with E-state index in [1.165, 1.54) is 5.57 Å². The van der Waals surface area contributed by atoms with E-state index in [0.29, 0.717) is 24.6 Å². The normalized spacial score (nSPS) is 28.6. The van der Waals surface area contributed by atoms with E-state index in [4.69, 9.17) is 23.7 Å². The molecule has 1 saturated carbocycles. The highest BCUT2D eigenvalue weighted by molar-refractivity contribution is 5.75. The lowest BCUT2D eigenvalue weighted by atomic mass is 9.75. The van der Waals surface area contributed by atoms with Crippen LogP contribution in [0.25, 0.3) is 0 Å². The summed E-state index contributed by atoms with van der Waals surface area (Å²) in [6.45, 7) is 4.86. The van der Waals surface area contributed by atoms with Crippen molar-refractivity contribution in [3.05, 3.63) is 41.5 Å². The van der Waals surface area contributed by atoms with Crippen molar-refractivity contribution >= 4 is 11.7 Å². The monoisotopic (exact) mass is 430 g/mol. The third-order valence-corrected chi connectivity index (χ3v) is 6.01. The second kappa shape index (κ2) is 8.88. The first-order valence-corrected chi connectivity index (χ1v) is 10.6. The van der Waals surface area contributed by atoms with Crippen LogP contribution in [-0.4, -0.2) is 56.1 Å². The van der Waals surface area contributed by atoms with Gasteiger partial charge in [0.15, 0.2) is 5.76 Å². The highest BCUT2D eigenvalue weighted by atomic mass is 16.6. The molecule has 0 bridgehead atoms. The Labute approximate surface area is 182 Å². The van der Waals surface area contributed by atoms with Crippen molar-refractivity contribution in [1.82, 2.24) is 4.98 Å². The molecule has 4 atom stereocenters. The molecule has 2 fully saturated rings. The molecule has 1 aliphatic carbocycles. The molecule has 0 radical (unpaired) electrons. The number of nitrogens with zero attached hydrogens (tertiary/aromatic N) is 1. The van der Waals surface area contributed by atoms with Crippen molar-refractivity contribution in [1.29, 1.82) is 0 Å². The van der Waals surface area contributed by atoms with Crippen molar-refractivity contribution in [3.63, 3.8) is 0 Å². The van der Waals surface area contributed by atoms with Crippen LogP contribution >= 0.6 is 0 Å². The van der Waals surface area contributed by atoms with Crippen molar-refractivity contribution in [2.24, 2.45) is 5.92 Å². The number of allylic oxidation sites excluding steroid dienone is 2. The summed E-state index contributed by atoms with van der Waals surface area (Å²) in [5, 5.41) is 3.03. The number of aromatic nitrogens is 1. The predicted octanol–water partition coefficient (Wildman–Crippen LogP) is 3.21. The first kappa shape index (κ1) is 21.6.